The lowest BCUT2D eigenvalue weighted by molar-refractivity contribution is 0.887. The highest BCUT2D eigenvalue weighted by Gasteiger charge is 2.24. The highest BCUT2D eigenvalue weighted by atomic mass is 79.9. The quantitative estimate of drug-likeness (QED) is 0.898. The van der Waals surface area contributed by atoms with Gasteiger partial charge in [0.1, 0.15) is 5.84 Å². The Morgan fingerprint density at radius 2 is 1.65 bits per heavy atom. The zero-order valence-electron chi connectivity index (χ0n) is 10.8. The van der Waals surface area contributed by atoms with Crippen molar-refractivity contribution >= 4 is 27.5 Å². The van der Waals surface area contributed by atoms with Crippen LogP contribution in [0.5, 0.6) is 0 Å². The molecule has 4 heteroatoms. The van der Waals surface area contributed by atoms with Crippen molar-refractivity contribution in [2.75, 3.05) is 0 Å². The summed E-state index contributed by atoms with van der Waals surface area (Å²) in [4.78, 5) is 0. The molecule has 1 aliphatic heterocycles. The summed E-state index contributed by atoms with van der Waals surface area (Å²) >= 11 is 3.45. The van der Waals surface area contributed by atoms with Crippen LogP contribution in [0.15, 0.2) is 69.3 Å². The van der Waals surface area contributed by atoms with E-state index in [1.165, 1.54) is 5.56 Å². The largest absolute Gasteiger partial charge is 0.386 e. The maximum absolute atomic E-state index is 5.86. The van der Waals surface area contributed by atoms with Gasteiger partial charge in [0, 0.05) is 16.8 Å². The molecule has 2 N–H and O–H groups in total. The second kappa shape index (κ2) is 5.59. The van der Waals surface area contributed by atoms with E-state index in [1.54, 1.807) is 0 Å². The summed E-state index contributed by atoms with van der Waals surface area (Å²) in [6.45, 7) is 0. The fourth-order valence-corrected chi connectivity index (χ4v) is 2.64. The second-order valence-electron chi connectivity index (χ2n) is 4.75. The fourth-order valence-electron chi connectivity index (χ4n) is 2.38. The third kappa shape index (κ3) is 2.65. The van der Waals surface area contributed by atoms with Crippen molar-refractivity contribution in [2.45, 2.75) is 12.3 Å². The number of hydrogen-bond donors (Lipinski definition) is 1. The van der Waals surface area contributed by atoms with Crippen LogP contribution in [0.25, 0.3) is 0 Å². The Kier molecular flexibility index (Phi) is 3.65. The summed E-state index contributed by atoms with van der Waals surface area (Å²) in [5, 5.41) is 8.39. The van der Waals surface area contributed by atoms with Crippen molar-refractivity contribution in [1.29, 1.82) is 0 Å². The third-order valence-electron chi connectivity index (χ3n) is 3.37. The van der Waals surface area contributed by atoms with E-state index in [0.29, 0.717) is 12.3 Å². The van der Waals surface area contributed by atoms with E-state index in [-0.39, 0.29) is 5.92 Å². The van der Waals surface area contributed by atoms with Gasteiger partial charge in [0.2, 0.25) is 0 Å². The van der Waals surface area contributed by atoms with Crippen molar-refractivity contribution < 1.29 is 0 Å². The van der Waals surface area contributed by atoms with Crippen molar-refractivity contribution in [1.82, 2.24) is 0 Å². The minimum absolute atomic E-state index is 0.162. The van der Waals surface area contributed by atoms with Gasteiger partial charge in [0.25, 0.3) is 0 Å². The number of rotatable bonds is 2. The molecular formula is C16H14BrN3. The van der Waals surface area contributed by atoms with E-state index in [9.17, 15) is 0 Å². The molecule has 1 unspecified atom stereocenters. The number of hydrogen-bond acceptors (Lipinski definition) is 3. The third-order valence-corrected chi connectivity index (χ3v) is 3.90. The lowest BCUT2D eigenvalue weighted by Gasteiger charge is -2.22. The van der Waals surface area contributed by atoms with Crippen molar-refractivity contribution in [3.8, 4) is 0 Å². The topological polar surface area (TPSA) is 50.7 Å². The lowest BCUT2D eigenvalue weighted by atomic mass is 9.86. The van der Waals surface area contributed by atoms with Crippen LogP contribution in [-0.4, -0.2) is 11.5 Å². The van der Waals surface area contributed by atoms with E-state index in [2.05, 4.69) is 50.4 Å². The molecule has 0 aromatic heterocycles. The molecule has 1 aliphatic rings. The first kappa shape index (κ1) is 13.1. The molecule has 2 aromatic rings. The average molecular weight is 328 g/mol. The first-order valence-electron chi connectivity index (χ1n) is 6.45. The summed E-state index contributed by atoms with van der Waals surface area (Å²) in [6.07, 6.45) is 0.707. The number of halogens is 1. The zero-order chi connectivity index (χ0) is 13.9. The minimum Gasteiger partial charge on any atom is -0.386 e. The van der Waals surface area contributed by atoms with Gasteiger partial charge in [-0.3, -0.25) is 0 Å². The lowest BCUT2D eigenvalue weighted by Crippen LogP contribution is -2.25. The molecule has 0 amide bonds. The van der Waals surface area contributed by atoms with Crippen molar-refractivity contribution in [2.24, 2.45) is 15.9 Å². The van der Waals surface area contributed by atoms with Crippen LogP contribution < -0.4 is 5.73 Å². The van der Waals surface area contributed by atoms with E-state index in [4.69, 9.17) is 5.73 Å². The van der Waals surface area contributed by atoms with E-state index < -0.39 is 0 Å². The summed E-state index contributed by atoms with van der Waals surface area (Å²) in [5.41, 5.74) is 9.13. The molecule has 0 fully saturated rings. The van der Waals surface area contributed by atoms with Gasteiger partial charge < -0.3 is 5.73 Å². The molecule has 3 rings (SSSR count). The van der Waals surface area contributed by atoms with Gasteiger partial charge >= 0.3 is 0 Å². The first-order chi connectivity index (χ1) is 9.74. The van der Waals surface area contributed by atoms with Gasteiger partial charge in [-0.1, -0.05) is 58.4 Å². The summed E-state index contributed by atoms with van der Waals surface area (Å²) in [7, 11) is 0. The van der Waals surface area contributed by atoms with Crippen LogP contribution in [0, 0.1) is 0 Å². The standard InChI is InChI=1S/C16H14BrN3/c17-13-8-6-12(7-9-13)16-14(10-15(18)19-20-16)11-4-2-1-3-5-11/h1-9,14H,10H2,(H2,18,19). The number of benzene rings is 2. The normalized spacial score (nSPS) is 18.4. The molecule has 100 valence electrons. The van der Waals surface area contributed by atoms with Gasteiger partial charge in [-0.15, -0.1) is 5.10 Å². The van der Waals surface area contributed by atoms with Crippen LogP contribution in [0.4, 0.5) is 0 Å². The van der Waals surface area contributed by atoms with E-state index in [0.717, 1.165) is 15.7 Å². The van der Waals surface area contributed by atoms with Crippen LogP contribution in [-0.2, 0) is 0 Å². The number of nitrogens with zero attached hydrogens (tertiary/aromatic N) is 2. The predicted octanol–water partition coefficient (Wildman–Crippen LogP) is 3.70. The molecule has 0 saturated carbocycles. The van der Waals surface area contributed by atoms with Gasteiger partial charge in [-0.2, -0.15) is 5.10 Å². The fraction of sp³-hybridized carbons (Fsp3) is 0.125. The van der Waals surface area contributed by atoms with E-state index in [1.807, 2.05) is 30.3 Å². The summed E-state index contributed by atoms with van der Waals surface area (Å²) in [5.74, 6) is 0.745. The van der Waals surface area contributed by atoms with Crippen LogP contribution in [0.2, 0.25) is 0 Å². The molecular weight excluding hydrogens is 314 g/mol. The van der Waals surface area contributed by atoms with Crippen LogP contribution >= 0.6 is 15.9 Å². The average Bonchev–Trinajstić information content (AvgIpc) is 2.49. The van der Waals surface area contributed by atoms with Crippen LogP contribution in [0.3, 0.4) is 0 Å². The first-order valence-corrected chi connectivity index (χ1v) is 7.24. The molecule has 1 atom stereocenters. The molecule has 0 aliphatic carbocycles. The Balaban J connectivity index is 2.03. The SMILES string of the molecule is NC1=NN=C(c2ccc(Br)cc2)C(c2ccccc2)C1. The Bertz CT molecular complexity index is 660. The number of nitrogens with two attached hydrogens (primary N) is 1. The zero-order valence-corrected chi connectivity index (χ0v) is 12.4. The highest BCUT2D eigenvalue weighted by Crippen LogP contribution is 2.28. The Hall–Kier alpha value is -1.94. The molecule has 1 heterocycles. The van der Waals surface area contributed by atoms with Gasteiger partial charge in [-0.05, 0) is 23.3 Å². The molecule has 0 radical (unpaired) electrons. The van der Waals surface area contributed by atoms with Crippen molar-refractivity contribution in [3.63, 3.8) is 0 Å². The number of amidine groups is 1. The Morgan fingerprint density at radius 3 is 2.35 bits per heavy atom. The second-order valence-corrected chi connectivity index (χ2v) is 5.67. The molecule has 2 aromatic carbocycles. The Labute approximate surface area is 126 Å². The smallest absolute Gasteiger partial charge is 0.123 e. The molecule has 0 spiro atoms. The monoisotopic (exact) mass is 327 g/mol. The van der Waals surface area contributed by atoms with Gasteiger partial charge in [-0.25, -0.2) is 0 Å². The maximum Gasteiger partial charge on any atom is 0.123 e. The molecule has 3 nitrogen and oxygen atoms in total. The van der Waals surface area contributed by atoms with Gasteiger partial charge in [0.05, 0.1) is 5.71 Å². The van der Waals surface area contributed by atoms with E-state index >= 15 is 0 Å². The molecule has 0 bridgehead atoms. The predicted molar refractivity (Wildman–Crippen MR) is 86.1 cm³/mol. The van der Waals surface area contributed by atoms with Gasteiger partial charge in [0.15, 0.2) is 0 Å². The summed E-state index contributed by atoms with van der Waals surface area (Å²) < 4.78 is 1.05. The molecule has 20 heavy (non-hydrogen) atoms. The minimum atomic E-state index is 0.162. The van der Waals surface area contributed by atoms with Crippen LogP contribution in [0.1, 0.15) is 23.5 Å². The summed E-state index contributed by atoms with van der Waals surface area (Å²) in [6, 6.07) is 18.4. The molecule has 0 saturated heterocycles. The van der Waals surface area contributed by atoms with Crippen molar-refractivity contribution in [3.05, 3.63) is 70.2 Å². The highest BCUT2D eigenvalue weighted by molar-refractivity contribution is 9.10. The maximum atomic E-state index is 5.86. The Morgan fingerprint density at radius 1 is 0.950 bits per heavy atom.